The zero-order valence-corrected chi connectivity index (χ0v) is 20.9. The third kappa shape index (κ3) is 10.3. The number of phenolic OH excluding ortho intramolecular Hbond substituents is 1. The van der Waals surface area contributed by atoms with Crippen molar-refractivity contribution in [3.05, 3.63) is 29.8 Å². The first-order chi connectivity index (χ1) is 16.7. The van der Waals surface area contributed by atoms with Crippen LogP contribution in [0.1, 0.15) is 46.1 Å². The molecule has 12 nitrogen and oxygen atoms in total. The second-order valence-electron chi connectivity index (χ2n) is 9.40. The van der Waals surface area contributed by atoms with E-state index in [0.29, 0.717) is 5.56 Å². The Hall–Kier alpha value is -3.67. The molecule has 12 heteroatoms. The van der Waals surface area contributed by atoms with Crippen molar-refractivity contribution in [1.29, 1.82) is 0 Å². The Labute approximate surface area is 209 Å². The molecule has 0 saturated carbocycles. The van der Waals surface area contributed by atoms with Gasteiger partial charge in [0.25, 0.3) is 0 Å². The predicted octanol–water partition coefficient (Wildman–Crippen LogP) is -0.0222. The van der Waals surface area contributed by atoms with Crippen LogP contribution in [0, 0.1) is 11.8 Å². The van der Waals surface area contributed by atoms with E-state index >= 15 is 0 Å². The average Bonchev–Trinajstić information content (AvgIpc) is 2.76. The lowest BCUT2D eigenvalue weighted by molar-refractivity contribution is -0.143. The van der Waals surface area contributed by atoms with Crippen molar-refractivity contribution in [2.24, 2.45) is 17.6 Å². The van der Waals surface area contributed by atoms with Gasteiger partial charge in [0.15, 0.2) is 0 Å². The van der Waals surface area contributed by atoms with Crippen LogP contribution in [0.4, 0.5) is 0 Å². The Morgan fingerprint density at radius 3 is 1.83 bits per heavy atom. The summed E-state index contributed by atoms with van der Waals surface area (Å²) in [4.78, 5) is 61.0. The molecule has 0 heterocycles. The SMILES string of the molecule is CC(C)CC(NC(=O)C(Cc1ccc(O)cc1)NC(=O)C(N)CC(=O)O)C(=O)NC(C(=O)O)C(C)C. The van der Waals surface area contributed by atoms with E-state index < -0.39 is 66.2 Å². The van der Waals surface area contributed by atoms with E-state index in [1.165, 1.54) is 24.3 Å². The number of aliphatic carboxylic acids is 2. The topological polar surface area (TPSA) is 208 Å². The van der Waals surface area contributed by atoms with Crippen molar-refractivity contribution in [1.82, 2.24) is 16.0 Å². The van der Waals surface area contributed by atoms with Gasteiger partial charge in [0.05, 0.1) is 12.5 Å². The number of carbonyl (C=O) groups excluding carboxylic acids is 3. The van der Waals surface area contributed by atoms with Gasteiger partial charge < -0.3 is 37.0 Å². The fourth-order valence-corrected chi connectivity index (χ4v) is 3.38. The van der Waals surface area contributed by atoms with Gasteiger partial charge in [-0.05, 0) is 36.0 Å². The summed E-state index contributed by atoms with van der Waals surface area (Å²) in [6.07, 6.45) is -0.499. The number of carboxylic acid groups (broad SMARTS) is 2. The first-order valence-electron chi connectivity index (χ1n) is 11.6. The van der Waals surface area contributed by atoms with E-state index in [-0.39, 0.29) is 24.5 Å². The van der Waals surface area contributed by atoms with E-state index in [1.807, 2.05) is 13.8 Å². The number of carboxylic acids is 2. The minimum Gasteiger partial charge on any atom is -0.508 e. The molecule has 36 heavy (non-hydrogen) atoms. The molecule has 0 bridgehead atoms. The second-order valence-corrected chi connectivity index (χ2v) is 9.40. The van der Waals surface area contributed by atoms with Gasteiger partial charge in [0.2, 0.25) is 17.7 Å². The summed E-state index contributed by atoms with van der Waals surface area (Å²) in [5, 5.41) is 35.3. The van der Waals surface area contributed by atoms with Gasteiger partial charge in [0.1, 0.15) is 23.9 Å². The lowest BCUT2D eigenvalue weighted by Crippen LogP contribution is -2.58. The molecule has 1 aromatic rings. The van der Waals surface area contributed by atoms with Crippen LogP contribution in [0.2, 0.25) is 0 Å². The number of nitrogens with one attached hydrogen (secondary N) is 3. The Morgan fingerprint density at radius 2 is 1.36 bits per heavy atom. The summed E-state index contributed by atoms with van der Waals surface area (Å²) < 4.78 is 0. The minimum absolute atomic E-state index is 0.000858. The summed E-state index contributed by atoms with van der Waals surface area (Å²) in [5.41, 5.74) is 6.19. The van der Waals surface area contributed by atoms with Gasteiger partial charge in [0, 0.05) is 6.42 Å². The predicted molar refractivity (Wildman–Crippen MR) is 130 cm³/mol. The molecule has 0 radical (unpaired) electrons. The van der Waals surface area contributed by atoms with Crippen LogP contribution in [-0.2, 0) is 30.4 Å². The highest BCUT2D eigenvalue weighted by Gasteiger charge is 2.32. The molecule has 8 N–H and O–H groups in total. The van der Waals surface area contributed by atoms with E-state index in [4.69, 9.17) is 10.8 Å². The number of benzene rings is 1. The molecule has 0 aromatic heterocycles. The molecule has 200 valence electrons. The molecule has 3 amide bonds. The maximum atomic E-state index is 13.2. The zero-order chi connectivity index (χ0) is 27.6. The van der Waals surface area contributed by atoms with Crippen LogP contribution in [0.5, 0.6) is 5.75 Å². The highest BCUT2D eigenvalue weighted by atomic mass is 16.4. The maximum absolute atomic E-state index is 13.2. The molecule has 1 rings (SSSR count). The first-order valence-corrected chi connectivity index (χ1v) is 11.6. The van der Waals surface area contributed by atoms with Crippen molar-refractivity contribution < 1.29 is 39.3 Å². The molecule has 0 aliphatic rings. The van der Waals surface area contributed by atoms with Gasteiger partial charge in [-0.3, -0.25) is 19.2 Å². The Morgan fingerprint density at radius 1 is 0.833 bits per heavy atom. The third-order valence-corrected chi connectivity index (χ3v) is 5.31. The van der Waals surface area contributed by atoms with Gasteiger partial charge in [-0.2, -0.15) is 0 Å². The number of nitrogens with two attached hydrogens (primary N) is 1. The van der Waals surface area contributed by atoms with Gasteiger partial charge in [-0.15, -0.1) is 0 Å². The fraction of sp³-hybridized carbons (Fsp3) is 0.542. The summed E-state index contributed by atoms with van der Waals surface area (Å²) in [6, 6.07) is 0.981. The van der Waals surface area contributed by atoms with Crippen molar-refractivity contribution in [2.75, 3.05) is 0 Å². The fourth-order valence-electron chi connectivity index (χ4n) is 3.38. The number of hydrogen-bond acceptors (Lipinski definition) is 7. The molecule has 0 fully saturated rings. The Kier molecular flexibility index (Phi) is 11.8. The van der Waals surface area contributed by atoms with Crippen molar-refractivity contribution in [2.45, 2.75) is 71.1 Å². The molecular formula is C24H36N4O8. The van der Waals surface area contributed by atoms with Crippen LogP contribution in [0.25, 0.3) is 0 Å². The lowest BCUT2D eigenvalue weighted by atomic mass is 9.99. The molecule has 1 aromatic carbocycles. The van der Waals surface area contributed by atoms with Crippen LogP contribution in [-0.4, -0.2) is 69.1 Å². The van der Waals surface area contributed by atoms with Crippen LogP contribution in [0.15, 0.2) is 24.3 Å². The van der Waals surface area contributed by atoms with E-state index in [2.05, 4.69) is 16.0 Å². The van der Waals surface area contributed by atoms with Gasteiger partial charge >= 0.3 is 11.9 Å². The van der Waals surface area contributed by atoms with Crippen molar-refractivity contribution in [3.8, 4) is 5.75 Å². The summed E-state index contributed by atoms with van der Waals surface area (Å²) in [7, 11) is 0. The second kappa shape index (κ2) is 14.0. The van der Waals surface area contributed by atoms with Crippen LogP contribution >= 0.6 is 0 Å². The lowest BCUT2D eigenvalue weighted by Gasteiger charge is -2.27. The molecular weight excluding hydrogens is 472 g/mol. The van der Waals surface area contributed by atoms with Crippen molar-refractivity contribution >= 4 is 29.7 Å². The highest BCUT2D eigenvalue weighted by molar-refractivity contribution is 5.94. The quantitative estimate of drug-likeness (QED) is 0.180. The standard InChI is InChI=1S/C24H36N4O8/c1-12(2)9-17(23(34)28-20(13(3)4)24(35)36)27-22(33)18(10-14-5-7-15(29)8-6-14)26-21(32)16(25)11-19(30)31/h5-8,12-13,16-18,20,29H,9-11,25H2,1-4H3,(H,26,32)(H,27,33)(H,28,34)(H,30,31)(H,35,36). The van der Waals surface area contributed by atoms with Gasteiger partial charge in [-0.25, -0.2) is 4.79 Å². The number of amides is 3. The third-order valence-electron chi connectivity index (χ3n) is 5.31. The largest absolute Gasteiger partial charge is 0.508 e. The first kappa shape index (κ1) is 30.4. The number of carbonyl (C=O) groups is 5. The monoisotopic (exact) mass is 508 g/mol. The van der Waals surface area contributed by atoms with E-state index in [9.17, 15) is 34.2 Å². The molecule has 0 saturated heterocycles. The number of hydrogen-bond donors (Lipinski definition) is 7. The van der Waals surface area contributed by atoms with Crippen LogP contribution < -0.4 is 21.7 Å². The average molecular weight is 509 g/mol. The van der Waals surface area contributed by atoms with E-state index in [1.54, 1.807) is 13.8 Å². The molecule has 0 aliphatic carbocycles. The number of phenols is 1. The van der Waals surface area contributed by atoms with Crippen molar-refractivity contribution in [3.63, 3.8) is 0 Å². The minimum atomic E-state index is -1.41. The highest BCUT2D eigenvalue weighted by Crippen LogP contribution is 2.13. The Balaban J connectivity index is 3.15. The smallest absolute Gasteiger partial charge is 0.326 e. The van der Waals surface area contributed by atoms with E-state index in [0.717, 1.165) is 0 Å². The molecule has 0 spiro atoms. The summed E-state index contributed by atoms with van der Waals surface area (Å²) >= 11 is 0. The molecule has 0 aliphatic heterocycles. The summed E-state index contributed by atoms with van der Waals surface area (Å²) in [6.45, 7) is 6.92. The molecule has 4 atom stereocenters. The van der Waals surface area contributed by atoms with Crippen LogP contribution in [0.3, 0.4) is 0 Å². The number of aromatic hydroxyl groups is 1. The number of rotatable bonds is 14. The zero-order valence-electron chi connectivity index (χ0n) is 20.9. The maximum Gasteiger partial charge on any atom is 0.326 e. The van der Waals surface area contributed by atoms with Gasteiger partial charge in [-0.1, -0.05) is 39.8 Å². The molecule has 4 unspecified atom stereocenters. The Bertz CT molecular complexity index is 933. The summed E-state index contributed by atoms with van der Waals surface area (Å²) in [5.74, 6) is -5.24. The normalized spacial score (nSPS) is 14.4.